The summed E-state index contributed by atoms with van der Waals surface area (Å²) in [6.45, 7) is 4.36. The molecule has 0 unspecified atom stereocenters. The number of nitrogens with zero attached hydrogens (tertiary/aromatic N) is 2. The molecule has 2 aromatic rings. The van der Waals surface area contributed by atoms with Crippen LogP contribution in [0.2, 0.25) is 0 Å². The zero-order valence-electron chi connectivity index (χ0n) is 11.5. The van der Waals surface area contributed by atoms with Gasteiger partial charge in [0.15, 0.2) is 0 Å². The van der Waals surface area contributed by atoms with Gasteiger partial charge in [0, 0.05) is 25.6 Å². The van der Waals surface area contributed by atoms with E-state index in [1.807, 2.05) is 24.3 Å². The van der Waals surface area contributed by atoms with Crippen LogP contribution >= 0.6 is 0 Å². The molecule has 102 valence electrons. The Hall–Kier alpha value is -1.65. The Morgan fingerprint density at radius 3 is 2.79 bits per heavy atom. The van der Waals surface area contributed by atoms with E-state index >= 15 is 0 Å². The molecule has 2 rings (SSSR count). The van der Waals surface area contributed by atoms with Gasteiger partial charge in [-0.3, -0.25) is 0 Å². The summed E-state index contributed by atoms with van der Waals surface area (Å²) in [6, 6.07) is 10.1. The number of methoxy groups -OCH3 is 1. The minimum absolute atomic E-state index is 0.0420. The van der Waals surface area contributed by atoms with Crippen molar-refractivity contribution < 1.29 is 9.84 Å². The molecule has 19 heavy (non-hydrogen) atoms. The van der Waals surface area contributed by atoms with Gasteiger partial charge in [-0.15, -0.1) is 0 Å². The Bertz CT molecular complexity index is 543. The van der Waals surface area contributed by atoms with Crippen LogP contribution < -0.4 is 4.90 Å². The second-order valence-electron chi connectivity index (χ2n) is 4.39. The van der Waals surface area contributed by atoms with Crippen molar-refractivity contribution in [1.29, 1.82) is 0 Å². The van der Waals surface area contributed by atoms with Gasteiger partial charge in [0.05, 0.1) is 18.9 Å². The molecule has 1 aromatic carbocycles. The Morgan fingerprint density at radius 1 is 1.32 bits per heavy atom. The van der Waals surface area contributed by atoms with E-state index in [0.717, 1.165) is 29.7 Å². The molecular formula is C15H20N2O2. The fourth-order valence-corrected chi connectivity index (χ4v) is 2.17. The normalized spacial score (nSPS) is 10.9. The Balaban J connectivity index is 2.49. The predicted molar refractivity (Wildman–Crippen MR) is 77.4 cm³/mol. The molecule has 0 aliphatic carbocycles. The lowest BCUT2D eigenvalue weighted by molar-refractivity contribution is 0.205. The molecule has 1 N–H and O–H groups in total. The maximum atomic E-state index is 9.35. The molecular weight excluding hydrogens is 240 g/mol. The standard InChI is InChI=1S/C15H20N2O2/c1-3-17(8-9-19-2)15-14-7-5-4-6-12(14)10-13(11-18)16-15/h4-7,10,18H,3,8-9,11H2,1-2H3. The zero-order chi connectivity index (χ0) is 13.7. The van der Waals surface area contributed by atoms with Crippen molar-refractivity contribution in [3.63, 3.8) is 0 Å². The summed E-state index contributed by atoms with van der Waals surface area (Å²) in [7, 11) is 1.70. The average molecular weight is 260 g/mol. The molecule has 0 radical (unpaired) electrons. The molecule has 0 spiro atoms. The fourth-order valence-electron chi connectivity index (χ4n) is 2.17. The van der Waals surface area contributed by atoms with Crippen LogP contribution in [-0.4, -0.2) is 36.9 Å². The maximum absolute atomic E-state index is 9.35. The minimum Gasteiger partial charge on any atom is -0.390 e. The highest BCUT2D eigenvalue weighted by atomic mass is 16.5. The molecule has 0 bridgehead atoms. The summed E-state index contributed by atoms with van der Waals surface area (Å²) in [5, 5.41) is 11.6. The number of likely N-dealkylation sites (N-methyl/N-ethyl adjacent to an activating group) is 1. The number of fused-ring (bicyclic) bond motifs is 1. The van der Waals surface area contributed by atoms with Crippen LogP contribution in [0, 0.1) is 0 Å². The molecule has 0 fully saturated rings. The first-order valence-corrected chi connectivity index (χ1v) is 6.53. The molecule has 1 heterocycles. The first-order valence-electron chi connectivity index (χ1n) is 6.53. The van der Waals surface area contributed by atoms with E-state index in [1.165, 1.54) is 0 Å². The van der Waals surface area contributed by atoms with Crippen molar-refractivity contribution >= 4 is 16.6 Å². The van der Waals surface area contributed by atoms with Crippen molar-refractivity contribution in [3.05, 3.63) is 36.0 Å². The monoisotopic (exact) mass is 260 g/mol. The lowest BCUT2D eigenvalue weighted by Crippen LogP contribution is -2.28. The SMILES string of the molecule is CCN(CCOC)c1nc(CO)cc2ccccc12. The van der Waals surface area contributed by atoms with Crippen LogP contribution in [0.4, 0.5) is 5.82 Å². The first kappa shape index (κ1) is 13.8. The van der Waals surface area contributed by atoms with E-state index in [9.17, 15) is 5.11 Å². The number of aliphatic hydroxyl groups excluding tert-OH is 1. The number of hydrogen-bond acceptors (Lipinski definition) is 4. The number of pyridine rings is 1. The number of anilines is 1. The summed E-state index contributed by atoms with van der Waals surface area (Å²) in [5.41, 5.74) is 0.699. The van der Waals surface area contributed by atoms with Gasteiger partial charge >= 0.3 is 0 Å². The molecule has 0 aliphatic rings. The third-order valence-electron chi connectivity index (χ3n) is 3.18. The predicted octanol–water partition coefficient (Wildman–Crippen LogP) is 2.20. The van der Waals surface area contributed by atoms with E-state index < -0.39 is 0 Å². The van der Waals surface area contributed by atoms with E-state index in [0.29, 0.717) is 12.3 Å². The van der Waals surface area contributed by atoms with Crippen LogP contribution in [0.5, 0.6) is 0 Å². The first-order chi connectivity index (χ1) is 9.30. The Kier molecular flexibility index (Phi) is 4.71. The van der Waals surface area contributed by atoms with Crippen molar-refractivity contribution in [2.75, 3.05) is 31.7 Å². The number of aliphatic hydroxyl groups is 1. The van der Waals surface area contributed by atoms with Gasteiger partial charge in [-0.2, -0.15) is 0 Å². The Morgan fingerprint density at radius 2 is 2.11 bits per heavy atom. The summed E-state index contributed by atoms with van der Waals surface area (Å²) in [4.78, 5) is 6.74. The lowest BCUT2D eigenvalue weighted by Gasteiger charge is -2.23. The second-order valence-corrected chi connectivity index (χ2v) is 4.39. The average Bonchev–Trinajstić information content (AvgIpc) is 2.47. The smallest absolute Gasteiger partial charge is 0.136 e. The highest BCUT2D eigenvalue weighted by molar-refractivity contribution is 5.92. The van der Waals surface area contributed by atoms with Gasteiger partial charge < -0.3 is 14.7 Å². The number of hydrogen-bond donors (Lipinski definition) is 1. The van der Waals surface area contributed by atoms with E-state index in [-0.39, 0.29) is 6.61 Å². The molecule has 4 heteroatoms. The van der Waals surface area contributed by atoms with Crippen LogP contribution in [0.1, 0.15) is 12.6 Å². The second kappa shape index (κ2) is 6.50. The molecule has 0 aliphatic heterocycles. The quantitative estimate of drug-likeness (QED) is 0.865. The number of benzene rings is 1. The third-order valence-corrected chi connectivity index (χ3v) is 3.18. The fraction of sp³-hybridized carbons (Fsp3) is 0.400. The van der Waals surface area contributed by atoms with Crippen LogP contribution in [-0.2, 0) is 11.3 Å². The van der Waals surface area contributed by atoms with E-state index in [2.05, 4.69) is 22.9 Å². The third kappa shape index (κ3) is 3.03. The Labute approximate surface area is 113 Å². The van der Waals surface area contributed by atoms with E-state index in [4.69, 9.17) is 4.74 Å². The van der Waals surface area contributed by atoms with Crippen LogP contribution in [0.3, 0.4) is 0 Å². The minimum atomic E-state index is -0.0420. The summed E-state index contributed by atoms with van der Waals surface area (Å²) in [6.07, 6.45) is 0. The van der Waals surface area contributed by atoms with Gasteiger partial charge in [-0.25, -0.2) is 4.98 Å². The molecule has 1 aromatic heterocycles. The highest BCUT2D eigenvalue weighted by Crippen LogP contribution is 2.25. The van der Waals surface area contributed by atoms with Crippen LogP contribution in [0.15, 0.2) is 30.3 Å². The van der Waals surface area contributed by atoms with Crippen molar-refractivity contribution in [1.82, 2.24) is 4.98 Å². The maximum Gasteiger partial charge on any atom is 0.136 e. The van der Waals surface area contributed by atoms with Crippen LogP contribution in [0.25, 0.3) is 10.8 Å². The zero-order valence-corrected chi connectivity index (χ0v) is 11.5. The van der Waals surface area contributed by atoms with Crippen molar-refractivity contribution in [3.8, 4) is 0 Å². The van der Waals surface area contributed by atoms with Gasteiger partial charge in [-0.05, 0) is 18.4 Å². The molecule has 0 saturated carbocycles. The number of ether oxygens (including phenoxy) is 1. The van der Waals surface area contributed by atoms with Gasteiger partial charge in [0.25, 0.3) is 0 Å². The topological polar surface area (TPSA) is 45.6 Å². The number of rotatable bonds is 6. The molecule has 0 atom stereocenters. The van der Waals surface area contributed by atoms with Gasteiger partial charge in [-0.1, -0.05) is 24.3 Å². The van der Waals surface area contributed by atoms with Gasteiger partial charge in [0.1, 0.15) is 5.82 Å². The summed E-state index contributed by atoms with van der Waals surface area (Å²) >= 11 is 0. The summed E-state index contributed by atoms with van der Waals surface area (Å²) < 4.78 is 5.15. The highest BCUT2D eigenvalue weighted by Gasteiger charge is 2.11. The lowest BCUT2D eigenvalue weighted by atomic mass is 10.1. The molecule has 0 saturated heterocycles. The molecule has 4 nitrogen and oxygen atoms in total. The van der Waals surface area contributed by atoms with Crippen molar-refractivity contribution in [2.45, 2.75) is 13.5 Å². The summed E-state index contributed by atoms with van der Waals surface area (Å²) in [5.74, 6) is 0.918. The van der Waals surface area contributed by atoms with Gasteiger partial charge in [0.2, 0.25) is 0 Å². The van der Waals surface area contributed by atoms with Crippen molar-refractivity contribution in [2.24, 2.45) is 0 Å². The number of aromatic nitrogens is 1. The molecule has 0 amide bonds. The largest absolute Gasteiger partial charge is 0.390 e. The van der Waals surface area contributed by atoms with E-state index in [1.54, 1.807) is 7.11 Å².